The fourth-order valence-electron chi connectivity index (χ4n) is 2.67. The number of amides is 1. The van der Waals surface area contributed by atoms with Crippen molar-refractivity contribution in [2.24, 2.45) is 0 Å². The van der Waals surface area contributed by atoms with Crippen LogP contribution in [0.4, 0.5) is 10.6 Å². The molecular formula is C19H27ClN4O2. The molecule has 0 unspecified atom stereocenters. The maximum absolute atomic E-state index is 12.1. The number of carbonyl (C=O) groups excluding carboxylic acids is 1. The number of rotatable bonds is 7. The summed E-state index contributed by atoms with van der Waals surface area (Å²) >= 11 is 6.13. The standard InChI is InChI=1S/C19H27ClN4O2/c1-6-14-8-9-15-16(12-14)21-18(20)22-17(15)23(5)10-11-24(7-2)19(25)26-13(3)4/h8-9,12-13H,6-7,10-11H2,1-5H3. The average Bonchev–Trinajstić information content (AvgIpc) is 2.59. The minimum atomic E-state index is -0.297. The van der Waals surface area contributed by atoms with Crippen molar-refractivity contribution in [2.45, 2.75) is 40.2 Å². The third kappa shape index (κ3) is 4.97. The van der Waals surface area contributed by atoms with E-state index in [1.807, 2.05) is 44.9 Å². The zero-order valence-electron chi connectivity index (χ0n) is 16.1. The van der Waals surface area contributed by atoms with Crippen molar-refractivity contribution < 1.29 is 9.53 Å². The molecule has 0 saturated heterocycles. The van der Waals surface area contributed by atoms with E-state index in [2.05, 4.69) is 23.0 Å². The van der Waals surface area contributed by atoms with Crippen LogP contribution in [0.5, 0.6) is 0 Å². The monoisotopic (exact) mass is 378 g/mol. The van der Waals surface area contributed by atoms with Gasteiger partial charge in [-0.25, -0.2) is 9.78 Å². The van der Waals surface area contributed by atoms with Gasteiger partial charge in [-0.1, -0.05) is 13.0 Å². The summed E-state index contributed by atoms with van der Waals surface area (Å²) in [5, 5.41) is 1.17. The second kappa shape index (κ2) is 9.03. The molecule has 1 aromatic heterocycles. The number of anilines is 1. The maximum Gasteiger partial charge on any atom is 0.410 e. The number of benzene rings is 1. The Balaban J connectivity index is 2.18. The van der Waals surface area contributed by atoms with Crippen molar-refractivity contribution in [1.82, 2.24) is 14.9 Å². The Kier molecular flexibility index (Phi) is 7.03. The lowest BCUT2D eigenvalue weighted by atomic mass is 10.1. The van der Waals surface area contributed by atoms with Crippen molar-refractivity contribution >= 4 is 34.4 Å². The molecule has 1 aromatic carbocycles. The number of likely N-dealkylation sites (N-methyl/N-ethyl adjacent to an activating group) is 2. The molecule has 0 spiro atoms. The minimum absolute atomic E-state index is 0.133. The van der Waals surface area contributed by atoms with E-state index in [9.17, 15) is 4.79 Å². The molecule has 0 saturated carbocycles. The van der Waals surface area contributed by atoms with Gasteiger partial charge < -0.3 is 14.5 Å². The topological polar surface area (TPSA) is 58.6 Å². The van der Waals surface area contributed by atoms with Gasteiger partial charge in [0.2, 0.25) is 5.28 Å². The highest BCUT2D eigenvalue weighted by Crippen LogP contribution is 2.25. The fraction of sp³-hybridized carbons (Fsp3) is 0.526. The first kappa shape index (κ1) is 20.2. The minimum Gasteiger partial charge on any atom is -0.447 e. The summed E-state index contributed by atoms with van der Waals surface area (Å²) in [6, 6.07) is 6.15. The van der Waals surface area contributed by atoms with Crippen molar-refractivity contribution in [3.63, 3.8) is 0 Å². The number of ether oxygens (including phenoxy) is 1. The van der Waals surface area contributed by atoms with Gasteiger partial charge in [0.1, 0.15) is 5.82 Å². The van der Waals surface area contributed by atoms with Crippen LogP contribution < -0.4 is 4.90 Å². The quantitative estimate of drug-likeness (QED) is 0.677. The lowest BCUT2D eigenvalue weighted by molar-refractivity contribution is 0.0791. The average molecular weight is 379 g/mol. The summed E-state index contributed by atoms with van der Waals surface area (Å²) in [7, 11) is 1.94. The fourth-order valence-corrected chi connectivity index (χ4v) is 2.84. The number of halogens is 1. The molecule has 2 rings (SSSR count). The van der Waals surface area contributed by atoms with Gasteiger partial charge in [-0.05, 0) is 56.5 Å². The Morgan fingerprint density at radius 3 is 2.58 bits per heavy atom. The summed E-state index contributed by atoms with van der Waals surface area (Å²) in [5.74, 6) is 0.760. The summed E-state index contributed by atoms with van der Waals surface area (Å²) in [4.78, 5) is 24.5. The summed E-state index contributed by atoms with van der Waals surface area (Å²) in [6.07, 6.45) is 0.507. The van der Waals surface area contributed by atoms with Gasteiger partial charge in [0.15, 0.2) is 0 Å². The Morgan fingerprint density at radius 2 is 1.96 bits per heavy atom. The lowest BCUT2D eigenvalue weighted by Crippen LogP contribution is -2.39. The van der Waals surface area contributed by atoms with Gasteiger partial charge in [0.25, 0.3) is 0 Å². The van der Waals surface area contributed by atoms with Crippen LogP contribution in [0.1, 0.15) is 33.3 Å². The summed E-state index contributed by atoms with van der Waals surface area (Å²) in [6.45, 7) is 9.46. The van der Waals surface area contributed by atoms with Gasteiger partial charge in [-0.15, -0.1) is 0 Å². The SMILES string of the molecule is CCc1ccc2c(N(C)CCN(CC)C(=O)OC(C)C)nc(Cl)nc2c1. The van der Waals surface area contributed by atoms with Gasteiger partial charge >= 0.3 is 6.09 Å². The molecule has 6 nitrogen and oxygen atoms in total. The Labute approximate surface area is 160 Å². The molecule has 0 N–H and O–H groups in total. The lowest BCUT2D eigenvalue weighted by Gasteiger charge is -2.26. The highest BCUT2D eigenvalue weighted by molar-refractivity contribution is 6.28. The van der Waals surface area contributed by atoms with Gasteiger partial charge in [-0.3, -0.25) is 0 Å². The number of hydrogen-bond donors (Lipinski definition) is 0. The van der Waals surface area contributed by atoms with Crippen LogP contribution in [0.15, 0.2) is 18.2 Å². The largest absolute Gasteiger partial charge is 0.447 e. The van der Waals surface area contributed by atoms with Crippen molar-refractivity contribution in [2.75, 3.05) is 31.6 Å². The molecule has 0 radical (unpaired) electrons. The molecular weight excluding hydrogens is 352 g/mol. The molecule has 0 fully saturated rings. The van der Waals surface area contributed by atoms with Crippen LogP contribution in [-0.2, 0) is 11.2 Å². The van der Waals surface area contributed by atoms with Crippen LogP contribution in [0.2, 0.25) is 5.28 Å². The van der Waals surface area contributed by atoms with Crippen LogP contribution in [0, 0.1) is 0 Å². The number of aryl methyl sites for hydroxylation is 1. The first-order valence-electron chi connectivity index (χ1n) is 8.98. The molecule has 0 aliphatic heterocycles. The molecule has 0 bridgehead atoms. The molecule has 0 aliphatic carbocycles. The predicted molar refractivity (Wildman–Crippen MR) is 106 cm³/mol. The molecule has 0 atom stereocenters. The van der Waals surface area contributed by atoms with E-state index in [1.165, 1.54) is 5.56 Å². The zero-order valence-corrected chi connectivity index (χ0v) is 16.9. The molecule has 26 heavy (non-hydrogen) atoms. The first-order valence-corrected chi connectivity index (χ1v) is 9.36. The number of hydrogen-bond acceptors (Lipinski definition) is 5. The normalized spacial score (nSPS) is 11.0. The molecule has 0 aliphatic rings. The van der Waals surface area contributed by atoms with E-state index in [0.29, 0.717) is 19.6 Å². The van der Waals surface area contributed by atoms with E-state index in [-0.39, 0.29) is 17.5 Å². The molecule has 1 heterocycles. The number of fused-ring (bicyclic) bond motifs is 1. The van der Waals surface area contributed by atoms with E-state index >= 15 is 0 Å². The number of aromatic nitrogens is 2. The van der Waals surface area contributed by atoms with Crippen LogP contribution in [0.25, 0.3) is 10.9 Å². The molecule has 7 heteroatoms. The third-order valence-corrected chi connectivity index (χ3v) is 4.33. The van der Waals surface area contributed by atoms with E-state index in [4.69, 9.17) is 16.3 Å². The van der Waals surface area contributed by atoms with Crippen LogP contribution >= 0.6 is 11.6 Å². The van der Waals surface area contributed by atoms with Crippen molar-refractivity contribution in [1.29, 1.82) is 0 Å². The predicted octanol–water partition coefficient (Wildman–Crippen LogP) is 4.15. The van der Waals surface area contributed by atoms with E-state index in [1.54, 1.807) is 4.90 Å². The van der Waals surface area contributed by atoms with Crippen molar-refractivity contribution in [3.05, 3.63) is 29.0 Å². The van der Waals surface area contributed by atoms with Gasteiger partial charge in [0, 0.05) is 32.1 Å². The second-order valence-electron chi connectivity index (χ2n) is 6.46. The maximum atomic E-state index is 12.1. The third-order valence-electron chi connectivity index (χ3n) is 4.17. The van der Waals surface area contributed by atoms with E-state index in [0.717, 1.165) is 23.1 Å². The van der Waals surface area contributed by atoms with Crippen LogP contribution in [-0.4, -0.2) is 53.7 Å². The van der Waals surface area contributed by atoms with Gasteiger partial charge in [-0.2, -0.15) is 4.98 Å². The zero-order chi connectivity index (χ0) is 19.3. The van der Waals surface area contributed by atoms with E-state index < -0.39 is 0 Å². The highest BCUT2D eigenvalue weighted by atomic mass is 35.5. The summed E-state index contributed by atoms with van der Waals surface area (Å²) < 4.78 is 5.28. The Morgan fingerprint density at radius 1 is 1.23 bits per heavy atom. The Bertz CT molecular complexity index is 767. The highest BCUT2D eigenvalue weighted by Gasteiger charge is 2.17. The van der Waals surface area contributed by atoms with Crippen molar-refractivity contribution in [3.8, 4) is 0 Å². The number of carbonyl (C=O) groups is 1. The number of nitrogens with zero attached hydrogens (tertiary/aromatic N) is 4. The molecule has 1 amide bonds. The molecule has 2 aromatic rings. The second-order valence-corrected chi connectivity index (χ2v) is 6.79. The first-order chi connectivity index (χ1) is 12.3. The summed E-state index contributed by atoms with van der Waals surface area (Å²) in [5.41, 5.74) is 2.03. The molecule has 142 valence electrons. The Hall–Kier alpha value is -2.08. The van der Waals surface area contributed by atoms with Gasteiger partial charge in [0.05, 0.1) is 11.6 Å². The smallest absolute Gasteiger partial charge is 0.410 e. The van der Waals surface area contributed by atoms with Crippen LogP contribution in [0.3, 0.4) is 0 Å².